The van der Waals surface area contributed by atoms with E-state index in [1.807, 2.05) is 0 Å². The second-order valence-corrected chi connectivity index (χ2v) is 2.62. The predicted octanol–water partition coefficient (Wildman–Crippen LogP) is 0.759. The summed E-state index contributed by atoms with van der Waals surface area (Å²) in [6, 6.07) is 1.87. The molecule has 1 aromatic carbocycles. The van der Waals surface area contributed by atoms with E-state index in [2.05, 4.69) is 4.65 Å². The molecule has 0 fully saturated rings. The van der Waals surface area contributed by atoms with Crippen LogP contribution in [-0.2, 0) is 6.18 Å². The number of hydrogen-bond donors (Lipinski definition) is 3. The van der Waals surface area contributed by atoms with Gasteiger partial charge in [-0.25, -0.2) is 0 Å². The van der Waals surface area contributed by atoms with Crippen molar-refractivity contribution in [3.8, 4) is 11.5 Å². The Morgan fingerprint density at radius 2 is 1.80 bits per heavy atom. The average Bonchev–Trinajstić information content (AvgIpc) is 2.05. The lowest BCUT2D eigenvalue weighted by Crippen LogP contribution is -2.20. The maximum Gasteiger partial charge on any atom is 0.707 e. The Hall–Kier alpha value is -1.41. The van der Waals surface area contributed by atoms with Crippen molar-refractivity contribution in [2.45, 2.75) is 6.18 Å². The van der Waals surface area contributed by atoms with Crippen LogP contribution >= 0.6 is 0 Å². The summed E-state index contributed by atoms with van der Waals surface area (Å²) in [6.07, 6.45) is -4.58. The molecule has 0 saturated carbocycles. The van der Waals surface area contributed by atoms with Crippen LogP contribution in [0.15, 0.2) is 18.2 Å². The molecule has 0 saturated heterocycles. The third-order valence-corrected chi connectivity index (χ3v) is 1.52. The standard InChI is InChI=1S/C7H6BF3O4/c9-7(10,11)4-1-2-6(5(12)3-4)15-8(13)14/h1-3,12-14H. The minimum absolute atomic E-state index is 0.428. The summed E-state index contributed by atoms with van der Waals surface area (Å²) < 4.78 is 40.5. The zero-order valence-electron chi connectivity index (χ0n) is 7.19. The van der Waals surface area contributed by atoms with Gasteiger partial charge in [0.1, 0.15) is 5.75 Å². The molecule has 1 rings (SSSR count). The van der Waals surface area contributed by atoms with Crippen LogP contribution in [0.4, 0.5) is 13.2 Å². The Balaban J connectivity index is 2.98. The van der Waals surface area contributed by atoms with Gasteiger partial charge in [0.15, 0.2) is 5.75 Å². The molecule has 3 N–H and O–H groups in total. The number of rotatable bonds is 2. The summed E-state index contributed by atoms with van der Waals surface area (Å²) in [4.78, 5) is 0. The number of hydrogen-bond acceptors (Lipinski definition) is 4. The van der Waals surface area contributed by atoms with E-state index < -0.39 is 30.6 Å². The highest BCUT2D eigenvalue weighted by Crippen LogP contribution is 2.35. The first-order valence-corrected chi connectivity index (χ1v) is 3.73. The van der Waals surface area contributed by atoms with Crippen molar-refractivity contribution in [1.82, 2.24) is 0 Å². The molecule has 8 heteroatoms. The van der Waals surface area contributed by atoms with Crippen LogP contribution in [0.3, 0.4) is 0 Å². The Morgan fingerprint density at radius 1 is 1.20 bits per heavy atom. The van der Waals surface area contributed by atoms with E-state index in [4.69, 9.17) is 15.2 Å². The average molecular weight is 222 g/mol. The van der Waals surface area contributed by atoms with E-state index in [0.29, 0.717) is 12.1 Å². The van der Waals surface area contributed by atoms with Crippen LogP contribution in [0, 0.1) is 0 Å². The van der Waals surface area contributed by atoms with Gasteiger partial charge in [0.2, 0.25) is 0 Å². The summed E-state index contributed by atoms with van der Waals surface area (Å²) >= 11 is 0. The van der Waals surface area contributed by atoms with Gasteiger partial charge >= 0.3 is 13.5 Å². The molecule has 0 aliphatic heterocycles. The summed E-state index contributed by atoms with van der Waals surface area (Å²) in [5.41, 5.74) is -1.06. The van der Waals surface area contributed by atoms with Crippen molar-refractivity contribution in [2.75, 3.05) is 0 Å². The molecule has 0 amide bonds. The molecule has 0 aromatic heterocycles. The topological polar surface area (TPSA) is 69.9 Å². The second kappa shape index (κ2) is 3.99. The summed E-state index contributed by atoms with van der Waals surface area (Å²) in [5, 5.41) is 25.8. The molecule has 0 atom stereocenters. The molecule has 0 bridgehead atoms. The molecular formula is C7H6BF3O4. The monoisotopic (exact) mass is 222 g/mol. The SMILES string of the molecule is OB(O)Oc1ccc(C(F)(F)F)cc1O. The van der Waals surface area contributed by atoms with Crippen molar-refractivity contribution in [3.63, 3.8) is 0 Å². The molecule has 15 heavy (non-hydrogen) atoms. The van der Waals surface area contributed by atoms with Crippen molar-refractivity contribution >= 4 is 7.32 Å². The quantitative estimate of drug-likeness (QED) is 0.646. The van der Waals surface area contributed by atoms with Gasteiger partial charge in [-0.1, -0.05) is 0 Å². The smallest absolute Gasteiger partial charge is 0.509 e. The molecule has 0 unspecified atom stereocenters. The molecule has 82 valence electrons. The van der Waals surface area contributed by atoms with Gasteiger partial charge in [0.25, 0.3) is 0 Å². The zero-order valence-corrected chi connectivity index (χ0v) is 7.19. The van der Waals surface area contributed by atoms with Gasteiger partial charge in [0.05, 0.1) is 5.56 Å². The van der Waals surface area contributed by atoms with Gasteiger partial charge < -0.3 is 19.8 Å². The first-order valence-electron chi connectivity index (χ1n) is 3.73. The van der Waals surface area contributed by atoms with Crippen LogP contribution < -0.4 is 4.65 Å². The second-order valence-electron chi connectivity index (χ2n) is 2.62. The van der Waals surface area contributed by atoms with Gasteiger partial charge in [0, 0.05) is 0 Å². The molecule has 1 aromatic rings. The highest BCUT2D eigenvalue weighted by atomic mass is 19.4. The van der Waals surface area contributed by atoms with Gasteiger partial charge in [-0.05, 0) is 18.2 Å². The van der Waals surface area contributed by atoms with Gasteiger partial charge in [-0.3, -0.25) is 0 Å². The highest BCUT2D eigenvalue weighted by molar-refractivity contribution is 6.33. The molecule has 0 aliphatic rings. The molecule has 4 nitrogen and oxygen atoms in total. The Kier molecular flexibility index (Phi) is 3.11. The van der Waals surface area contributed by atoms with Crippen LogP contribution in [0.2, 0.25) is 0 Å². The van der Waals surface area contributed by atoms with E-state index in [9.17, 15) is 13.2 Å². The molecular weight excluding hydrogens is 216 g/mol. The number of aromatic hydroxyl groups is 1. The fourth-order valence-corrected chi connectivity index (χ4v) is 0.907. The number of halogens is 3. The van der Waals surface area contributed by atoms with Crippen molar-refractivity contribution in [1.29, 1.82) is 0 Å². The van der Waals surface area contributed by atoms with Crippen molar-refractivity contribution in [2.24, 2.45) is 0 Å². The first-order chi connectivity index (χ1) is 6.80. The molecule has 0 radical (unpaired) electrons. The summed E-state index contributed by atoms with van der Waals surface area (Å²) in [7, 11) is -2.20. The van der Waals surface area contributed by atoms with Crippen LogP contribution in [0.25, 0.3) is 0 Å². The Labute approximate surface area is 82.7 Å². The fourth-order valence-electron chi connectivity index (χ4n) is 0.907. The van der Waals surface area contributed by atoms with E-state index in [1.54, 1.807) is 0 Å². The first kappa shape index (κ1) is 11.7. The number of phenolic OH excluding ortho intramolecular Hbond substituents is 1. The lowest BCUT2D eigenvalue weighted by molar-refractivity contribution is -0.137. The van der Waals surface area contributed by atoms with E-state index in [0.717, 1.165) is 6.07 Å². The lowest BCUT2D eigenvalue weighted by Gasteiger charge is -2.10. The predicted molar refractivity (Wildman–Crippen MR) is 43.9 cm³/mol. The molecule has 0 spiro atoms. The zero-order chi connectivity index (χ0) is 11.6. The highest BCUT2D eigenvalue weighted by Gasteiger charge is 2.31. The van der Waals surface area contributed by atoms with E-state index in [-0.39, 0.29) is 0 Å². The Bertz CT molecular complexity index is 353. The molecule has 0 aliphatic carbocycles. The minimum Gasteiger partial charge on any atom is -0.509 e. The number of benzene rings is 1. The minimum atomic E-state index is -4.58. The fraction of sp³-hybridized carbons (Fsp3) is 0.143. The van der Waals surface area contributed by atoms with E-state index in [1.165, 1.54) is 0 Å². The van der Waals surface area contributed by atoms with Gasteiger partial charge in [-0.15, -0.1) is 0 Å². The van der Waals surface area contributed by atoms with Crippen molar-refractivity contribution in [3.05, 3.63) is 23.8 Å². The Morgan fingerprint density at radius 3 is 2.20 bits per heavy atom. The lowest BCUT2D eigenvalue weighted by atomic mass is 10.1. The maximum absolute atomic E-state index is 12.1. The van der Waals surface area contributed by atoms with E-state index >= 15 is 0 Å². The van der Waals surface area contributed by atoms with Crippen LogP contribution in [-0.4, -0.2) is 22.5 Å². The third kappa shape index (κ3) is 3.03. The number of alkyl halides is 3. The third-order valence-electron chi connectivity index (χ3n) is 1.52. The van der Waals surface area contributed by atoms with Crippen LogP contribution in [0.5, 0.6) is 11.5 Å². The maximum atomic E-state index is 12.1. The normalized spacial score (nSPS) is 11.3. The summed E-state index contributed by atoms with van der Waals surface area (Å²) in [6.45, 7) is 0. The van der Waals surface area contributed by atoms with Gasteiger partial charge in [-0.2, -0.15) is 13.2 Å². The number of phenols is 1. The van der Waals surface area contributed by atoms with Crippen LogP contribution in [0.1, 0.15) is 5.56 Å². The van der Waals surface area contributed by atoms with Crippen molar-refractivity contribution < 1.29 is 33.0 Å². The molecule has 0 heterocycles. The summed E-state index contributed by atoms with van der Waals surface area (Å²) in [5.74, 6) is -1.27. The largest absolute Gasteiger partial charge is 0.707 e.